The molecular weight excluding hydrogens is 432 g/mol. The number of fused-ring (bicyclic) bond motifs is 2. The molecular formula is C20H14Br2S. The topological polar surface area (TPSA) is 0 Å². The van der Waals surface area contributed by atoms with Crippen LogP contribution in [-0.2, 0) is 0 Å². The fourth-order valence-electron chi connectivity index (χ4n) is 3.00. The maximum atomic E-state index is 3.75. The molecule has 0 amide bonds. The van der Waals surface area contributed by atoms with Gasteiger partial charge in [0, 0.05) is 20.1 Å². The minimum atomic E-state index is 0. The van der Waals surface area contributed by atoms with Gasteiger partial charge in [0.05, 0.1) is 0 Å². The predicted molar refractivity (Wildman–Crippen MR) is 113 cm³/mol. The first-order chi connectivity index (χ1) is 10.8. The third-order valence-electron chi connectivity index (χ3n) is 4.01. The summed E-state index contributed by atoms with van der Waals surface area (Å²) < 4.78 is 2.23. The number of halogens is 2. The summed E-state index contributed by atoms with van der Waals surface area (Å²) in [7, 11) is 0. The van der Waals surface area contributed by atoms with Gasteiger partial charge in [-0.25, -0.2) is 0 Å². The summed E-state index contributed by atoms with van der Waals surface area (Å²) >= 11 is 7.51. The second-order valence-electron chi connectivity index (χ2n) is 5.29. The highest BCUT2D eigenvalue weighted by atomic mass is 79.9. The van der Waals surface area contributed by atoms with E-state index in [1.807, 2.05) is 0 Å². The van der Waals surface area contributed by atoms with E-state index in [4.69, 9.17) is 0 Å². The first-order valence-electron chi connectivity index (χ1n) is 7.10. The summed E-state index contributed by atoms with van der Waals surface area (Å²) in [6, 6.07) is 25.6. The van der Waals surface area contributed by atoms with Crippen LogP contribution in [0.3, 0.4) is 0 Å². The number of benzene rings is 4. The minimum Gasteiger partial charge on any atom is -0.197 e. The van der Waals surface area contributed by atoms with Crippen LogP contribution in [-0.4, -0.2) is 0 Å². The Labute approximate surface area is 159 Å². The highest BCUT2D eigenvalue weighted by molar-refractivity contribution is 9.11. The molecule has 0 aliphatic rings. The Kier molecular flexibility index (Phi) is 4.81. The molecule has 4 aromatic rings. The predicted octanol–water partition coefficient (Wildman–Crippen LogP) is 7.30. The van der Waals surface area contributed by atoms with Crippen LogP contribution in [0, 0.1) is 0 Å². The molecule has 114 valence electrons. The van der Waals surface area contributed by atoms with Gasteiger partial charge in [0.15, 0.2) is 0 Å². The monoisotopic (exact) mass is 444 g/mol. The molecule has 0 nitrogen and oxygen atoms in total. The zero-order chi connectivity index (χ0) is 15.1. The lowest BCUT2D eigenvalue weighted by Gasteiger charge is -2.14. The maximum absolute atomic E-state index is 3.75. The fraction of sp³-hybridized carbons (Fsp3) is 0. The van der Waals surface area contributed by atoms with Crippen molar-refractivity contribution in [1.29, 1.82) is 0 Å². The first-order valence-corrected chi connectivity index (χ1v) is 8.69. The Morgan fingerprint density at radius 3 is 1.30 bits per heavy atom. The molecule has 0 spiro atoms. The van der Waals surface area contributed by atoms with Crippen molar-refractivity contribution < 1.29 is 0 Å². The Hall–Kier alpha value is -1.29. The lowest BCUT2D eigenvalue weighted by molar-refractivity contribution is 1.62. The molecule has 0 bridgehead atoms. The Bertz CT molecular complexity index is 925. The summed E-state index contributed by atoms with van der Waals surface area (Å²) in [5, 5.41) is 5.02. The van der Waals surface area contributed by atoms with Crippen LogP contribution in [0.5, 0.6) is 0 Å². The normalized spacial score (nSPS) is 10.7. The van der Waals surface area contributed by atoms with E-state index in [1.165, 1.54) is 32.7 Å². The first kappa shape index (κ1) is 16.6. The van der Waals surface area contributed by atoms with E-state index in [-0.39, 0.29) is 13.5 Å². The second kappa shape index (κ2) is 6.68. The molecule has 0 N–H and O–H groups in total. The molecule has 3 heteroatoms. The number of hydrogen-bond donors (Lipinski definition) is 0. The van der Waals surface area contributed by atoms with Gasteiger partial charge in [0.1, 0.15) is 0 Å². The fourth-order valence-corrected chi connectivity index (χ4v) is 4.09. The van der Waals surface area contributed by atoms with Crippen molar-refractivity contribution in [2.45, 2.75) is 0 Å². The van der Waals surface area contributed by atoms with Crippen molar-refractivity contribution in [1.82, 2.24) is 0 Å². The SMILES string of the molecule is Brc1ccc2ccccc2c1-c1c(Br)ccc2ccccc12.S. The van der Waals surface area contributed by atoms with Gasteiger partial charge in [-0.2, -0.15) is 13.5 Å². The van der Waals surface area contributed by atoms with Crippen LogP contribution in [0.25, 0.3) is 32.7 Å². The summed E-state index contributed by atoms with van der Waals surface area (Å²) in [5.41, 5.74) is 2.48. The molecule has 23 heavy (non-hydrogen) atoms. The van der Waals surface area contributed by atoms with Crippen LogP contribution in [0.4, 0.5) is 0 Å². The van der Waals surface area contributed by atoms with Crippen molar-refractivity contribution in [2.24, 2.45) is 0 Å². The standard InChI is InChI=1S/C20H12Br2.H2S/c21-17-11-9-13-5-1-3-7-15(13)19(17)20-16-8-4-2-6-14(16)10-12-18(20)22;/h1-12H;1H2. The van der Waals surface area contributed by atoms with Crippen molar-refractivity contribution in [3.05, 3.63) is 81.7 Å². The van der Waals surface area contributed by atoms with E-state index < -0.39 is 0 Å². The average Bonchev–Trinajstić information content (AvgIpc) is 2.56. The van der Waals surface area contributed by atoms with Gasteiger partial charge in [-0.3, -0.25) is 0 Å². The lowest BCUT2D eigenvalue weighted by Crippen LogP contribution is -1.87. The molecule has 0 aliphatic heterocycles. The number of hydrogen-bond acceptors (Lipinski definition) is 0. The van der Waals surface area contributed by atoms with Crippen LogP contribution in [0.15, 0.2) is 81.7 Å². The lowest BCUT2D eigenvalue weighted by atomic mass is 9.94. The zero-order valence-electron chi connectivity index (χ0n) is 12.2. The molecule has 0 saturated heterocycles. The van der Waals surface area contributed by atoms with Crippen molar-refractivity contribution >= 4 is 66.9 Å². The van der Waals surface area contributed by atoms with Gasteiger partial charge in [-0.1, -0.05) is 92.5 Å². The third-order valence-corrected chi connectivity index (χ3v) is 5.33. The Morgan fingerprint density at radius 2 is 0.870 bits per heavy atom. The molecule has 0 heterocycles. The van der Waals surface area contributed by atoms with E-state index in [0.717, 1.165) is 8.95 Å². The molecule has 0 radical (unpaired) electrons. The Morgan fingerprint density at radius 1 is 0.478 bits per heavy atom. The number of rotatable bonds is 1. The van der Waals surface area contributed by atoms with Crippen LogP contribution >= 0.6 is 45.4 Å². The van der Waals surface area contributed by atoms with Gasteiger partial charge in [-0.15, -0.1) is 0 Å². The van der Waals surface area contributed by atoms with Crippen LogP contribution in [0.1, 0.15) is 0 Å². The van der Waals surface area contributed by atoms with E-state index in [1.54, 1.807) is 0 Å². The second-order valence-corrected chi connectivity index (χ2v) is 7.00. The van der Waals surface area contributed by atoms with Gasteiger partial charge in [0.25, 0.3) is 0 Å². The van der Waals surface area contributed by atoms with Crippen molar-refractivity contribution in [3.63, 3.8) is 0 Å². The molecule has 0 aromatic heterocycles. The highest BCUT2D eigenvalue weighted by Crippen LogP contribution is 2.42. The van der Waals surface area contributed by atoms with Gasteiger partial charge < -0.3 is 0 Å². The third kappa shape index (κ3) is 2.82. The summed E-state index contributed by atoms with van der Waals surface area (Å²) in [4.78, 5) is 0. The van der Waals surface area contributed by atoms with Crippen LogP contribution < -0.4 is 0 Å². The highest BCUT2D eigenvalue weighted by Gasteiger charge is 2.14. The summed E-state index contributed by atoms with van der Waals surface area (Å²) in [6.45, 7) is 0. The smallest absolute Gasteiger partial charge is 0.0260 e. The van der Waals surface area contributed by atoms with Crippen molar-refractivity contribution in [3.8, 4) is 11.1 Å². The molecule has 0 unspecified atom stereocenters. The van der Waals surface area contributed by atoms with Crippen LogP contribution in [0.2, 0.25) is 0 Å². The quantitative estimate of drug-likeness (QED) is 0.288. The van der Waals surface area contributed by atoms with E-state index in [2.05, 4.69) is 105 Å². The van der Waals surface area contributed by atoms with E-state index in [9.17, 15) is 0 Å². The molecule has 0 atom stereocenters. The maximum Gasteiger partial charge on any atom is 0.0260 e. The molecule has 4 aromatic carbocycles. The molecule has 0 fully saturated rings. The zero-order valence-corrected chi connectivity index (χ0v) is 16.4. The summed E-state index contributed by atoms with van der Waals surface area (Å²) in [5.74, 6) is 0. The molecule has 0 aliphatic carbocycles. The average molecular weight is 446 g/mol. The van der Waals surface area contributed by atoms with Gasteiger partial charge >= 0.3 is 0 Å². The van der Waals surface area contributed by atoms with Gasteiger partial charge in [-0.05, 0) is 33.7 Å². The van der Waals surface area contributed by atoms with Crippen molar-refractivity contribution in [2.75, 3.05) is 0 Å². The summed E-state index contributed by atoms with van der Waals surface area (Å²) in [6.07, 6.45) is 0. The molecule has 0 saturated carbocycles. The Balaban J connectivity index is 0.00000156. The molecule has 4 rings (SSSR count). The minimum absolute atomic E-state index is 0. The van der Waals surface area contributed by atoms with E-state index >= 15 is 0 Å². The van der Waals surface area contributed by atoms with Gasteiger partial charge in [0.2, 0.25) is 0 Å². The largest absolute Gasteiger partial charge is 0.197 e. The van der Waals surface area contributed by atoms with E-state index in [0.29, 0.717) is 0 Å².